The van der Waals surface area contributed by atoms with Crippen molar-refractivity contribution < 1.29 is 4.57 Å². The van der Waals surface area contributed by atoms with E-state index in [1.807, 2.05) is 0 Å². The van der Waals surface area contributed by atoms with Gasteiger partial charge in [-0.2, -0.15) is 0 Å². The second-order valence-electron chi connectivity index (χ2n) is 6.62. The average Bonchev–Trinajstić information content (AvgIpc) is 2.88. The van der Waals surface area contributed by atoms with Gasteiger partial charge in [0.2, 0.25) is 0 Å². The van der Waals surface area contributed by atoms with Crippen molar-refractivity contribution in [2.24, 2.45) is 7.05 Å². The van der Waals surface area contributed by atoms with Gasteiger partial charge in [0.1, 0.15) is 6.20 Å². The molecule has 23 heavy (non-hydrogen) atoms. The van der Waals surface area contributed by atoms with E-state index in [1.54, 1.807) is 0 Å². The fourth-order valence-corrected chi connectivity index (χ4v) is 3.60. The van der Waals surface area contributed by atoms with Crippen LogP contribution in [0.1, 0.15) is 27.9 Å². The standard InChI is InChI=1S/C21H21N2/c1-13-9-14(2)15(3)18(10-13)21-22-20-11-16-7-5-6-8-17(16)19(20)12-23(21)4/h5-10,12H,11H2,1-4H3/q+1. The van der Waals surface area contributed by atoms with Crippen LogP contribution in [0.5, 0.6) is 0 Å². The fraction of sp³-hybridized carbons (Fsp3) is 0.238. The normalized spacial score (nSPS) is 12.2. The number of fused-ring (bicyclic) bond motifs is 3. The third-order valence-electron chi connectivity index (χ3n) is 4.93. The van der Waals surface area contributed by atoms with Gasteiger partial charge >= 0.3 is 5.82 Å². The van der Waals surface area contributed by atoms with Crippen LogP contribution in [0.15, 0.2) is 42.6 Å². The highest BCUT2D eigenvalue weighted by atomic mass is 15.0. The molecule has 1 aliphatic carbocycles. The van der Waals surface area contributed by atoms with E-state index in [9.17, 15) is 0 Å². The summed E-state index contributed by atoms with van der Waals surface area (Å²) in [6.07, 6.45) is 3.17. The van der Waals surface area contributed by atoms with E-state index in [2.05, 4.69) is 75.0 Å². The van der Waals surface area contributed by atoms with Gasteiger partial charge in [-0.25, -0.2) is 4.57 Å². The zero-order chi connectivity index (χ0) is 16.1. The Morgan fingerprint density at radius 3 is 2.57 bits per heavy atom. The topological polar surface area (TPSA) is 16.8 Å². The van der Waals surface area contributed by atoms with Gasteiger partial charge in [-0.15, -0.1) is 0 Å². The summed E-state index contributed by atoms with van der Waals surface area (Å²) in [6, 6.07) is 13.1. The van der Waals surface area contributed by atoms with E-state index in [0.29, 0.717) is 0 Å². The largest absolute Gasteiger partial charge is 0.330 e. The lowest BCUT2D eigenvalue weighted by atomic mass is 9.99. The monoisotopic (exact) mass is 301 g/mol. The van der Waals surface area contributed by atoms with Gasteiger partial charge in [0, 0.05) is 6.42 Å². The quantitative estimate of drug-likeness (QED) is 0.484. The van der Waals surface area contributed by atoms with Crippen LogP contribution in [0.2, 0.25) is 0 Å². The predicted molar refractivity (Wildman–Crippen MR) is 93.3 cm³/mol. The number of hydrogen-bond donors (Lipinski definition) is 0. The molecule has 1 aromatic heterocycles. The minimum absolute atomic E-state index is 0.934. The summed E-state index contributed by atoms with van der Waals surface area (Å²) in [7, 11) is 2.10. The molecule has 0 saturated carbocycles. The van der Waals surface area contributed by atoms with Gasteiger partial charge in [-0.3, -0.25) is 0 Å². The van der Waals surface area contributed by atoms with Crippen molar-refractivity contribution in [3.63, 3.8) is 0 Å². The number of hydrogen-bond acceptors (Lipinski definition) is 1. The lowest BCUT2D eigenvalue weighted by Crippen LogP contribution is -2.33. The summed E-state index contributed by atoms with van der Waals surface area (Å²) in [5, 5.41) is 0. The van der Waals surface area contributed by atoms with Crippen LogP contribution < -0.4 is 4.57 Å². The maximum Gasteiger partial charge on any atom is 0.330 e. The molecule has 2 aromatic carbocycles. The highest BCUT2D eigenvalue weighted by Gasteiger charge is 2.28. The lowest BCUT2D eigenvalue weighted by Gasteiger charge is -2.09. The second kappa shape index (κ2) is 5.02. The van der Waals surface area contributed by atoms with E-state index < -0.39 is 0 Å². The first-order valence-corrected chi connectivity index (χ1v) is 8.10. The molecule has 0 N–H and O–H groups in total. The van der Waals surface area contributed by atoms with E-state index >= 15 is 0 Å². The first kappa shape index (κ1) is 14.1. The average molecular weight is 301 g/mol. The van der Waals surface area contributed by atoms with Crippen LogP contribution in [0, 0.1) is 20.8 Å². The molecule has 0 atom stereocenters. The van der Waals surface area contributed by atoms with Gasteiger partial charge in [0.15, 0.2) is 5.69 Å². The Balaban J connectivity index is 1.93. The molecule has 114 valence electrons. The zero-order valence-corrected chi connectivity index (χ0v) is 14.1. The van der Waals surface area contributed by atoms with Crippen molar-refractivity contribution in [3.05, 3.63) is 70.5 Å². The van der Waals surface area contributed by atoms with Gasteiger partial charge in [0.25, 0.3) is 0 Å². The van der Waals surface area contributed by atoms with Crippen molar-refractivity contribution in [1.29, 1.82) is 0 Å². The molecule has 0 aliphatic heterocycles. The molecule has 0 radical (unpaired) electrons. The SMILES string of the molecule is Cc1cc(C)c(C)c(-c2nc3c(c[n+]2C)-c2ccccc2C3)c1. The first-order chi connectivity index (χ1) is 11.0. The van der Waals surface area contributed by atoms with Crippen molar-refractivity contribution >= 4 is 0 Å². The number of aromatic nitrogens is 2. The summed E-state index contributed by atoms with van der Waals surface area (Å²) >= 11 is 0. The van der Waals surface area contributed by atoms with Crippen LogP contribution in [-0.4, -0.2) is 4.98 Å². The molecule has 3 aromatic rings. The molecule has 0 bridgehead atoms. The number of aryl methyl sites for hydroxylation is 3. The van der Waals surface area contributed by atoms with Crippen LogP contribution in [0.25, 0.3) is 22.5 Å². The van der Waals surface area contributed by atoms with Crippen molar-refractivity contribution in [1.82, 2.24) is 4.98 Å². The van der Waals surface area contributed by atoms with Crippen molar-refractivity contribution in [2.45, 2.75) is 27.2 Å². The molecule has 1 aliphatic rings. The molecule has 0 saturated heterocycles. The highest BCUT2D eigenvalue weighted by Crippen LogP contribution is 2.35. The number of benzene rings is 2. The first-order valence-electron chi connectivity index (χ1n) is 8.10. The lowest BCUT2D eigenvalue weighted by molar-refractivity contribution is -0.662. The third-order valence-corrected chi connectivity index (χ3v) is 4.93. The maximum atomic E-state index is 5.04. The van der Waals surface area contributed by atoms with Gasteiger partial charge < -0.3 is 0 Å². The molecule has 2 heteroatoms. The number of rotatable bonds is 1. The Kier molecular flexibility index (Phi) is 3.08. The summed E-state index contributed by atoms with van der Waals surface area (Å²) in [6.45, 7) is 6.52. The summed E-state index contributed by atoms with van der Waals surface area (Å²) < 4.78 is 2.17. The van der Waals surface area contributed by atoms with E-state index in [0.717, 1.165) is 12.2 Å². The molecule has 0 fully saturated rings. The predicted octanol–water partition coefficient (Wildman–Crippen LogP) is 4.07. The molecule has 0 spiro atoms. The molecule has 2 nitrogen and oxygen atoms in total. The van der Waals surface area contributed by atoms with Crippen LogP contribution in [0.4, 0.5) is 0 Å². The Hall–Kier alpha value is -2.48. The smallest absolute Gasteiger partial charge is 0.232 e. The third kappa shape index (κ3) is 2.17. The Labute approximate surface area is 137 Å². The van der Waals surface area contributed by atoms with E-state index in [-0.39, 0.29) is 0 Å². The van der Waals surface area contributed by atoms with Crippen molar-refractivity contribution in [2.75, 3.05) is 0 Å². The van der Waals surface area contributed by atoms with E-state index in [1.165, 1.54) is 44.6 Å². The Bertz CT molecular complexity index is 939. The van der Waals surface area contributed by atoms with Crippen LogP contribution >= 0.6 is 0 Å². The van der Waals surface area contributed by atoms with Gasteiger partial charge in [0.05, 0.1) is 18.2 Å². The molecule has 1 heterocycles. The molecule has 4 rings (SSSR count). The van der Waals surface area contributed by atoms with Crippen molar-refractivity contribution in [3.8, 4) is 22.5 Å². The molecule has 0 amide bonds. The molecular formula is C21H21N2+. The zero-order valence-electron chi connectivity index (χ0n) is 14.1. The van der Waals surface area contributed by atoms with Crippen LogP contribution in [-0.2, 0) is 13.5 Å². The fourth-order valence-electron chi connectivity index (χ4n) is 3.60. The van der Waals surface area contributed by atoms with Crippen LogP contribution in [0.3, 0.4) is 0 Å². The summed E-state index contributed by atoms with van der Waals surface area (Å²) in [5.74, 6) is 1.06. The summed E-state index contributed by atoms with van der Waals surface area (Å²) in [5.41, 5.74) is 10.3. The van der Waals surface area contributed by atoms with E-state index in [4.69, 9.17) is 4.98 Å². The molecule has 0 unspecified atom stereocenters. The minimum atomic E-state index is 0.934. The van der Waals surface area contributed by atoms with Gasteiger partial charge in [-0.05, 0) is 59.6 Å². The second-order valence-corrected chi connectivity index (χ2v) is 6.62. The highest BCUT2D eigenvalue weighted by molar-refractivity contribution is 5.75. The van der Waals surface area contributed by atoms with Gasteiger partial charge in [-0.1, -0.05) is 30.3 Å². The summed E-state index contributed by atoms with van der Waals surface area (Å²) in [4.78, 5) is 5.04. The minimum Gasteiger partial charge on any atom is -0.232 e. The Morgan fingerprint density at radius 2 is 1.74 bits per heavy atom. The maximum absolute atomic E-state index is 5.04. The molecular weight excluding hydrogens is 280 g/mol. The number of nitrogens with zero attached hydrogens (tertiary/aromatic N) is 2. The Morgan fingerprint density at radius 1 is 0.957 bits per heavy atom.